The maximum absolute atomic E-state index is 14.5. The normalized spacial score (nSPS) is 14.2. The average Bonchev–Trinajstić information content (AvgIpc) is 3.47. The molecule has 0 saturated carbocycles. The molecule has 1 atom stereocenters. The van der Waals surface area contributed by atoms with E-state index in [2.05, 4.69) is 13.8 Å². The molecule has 0 unspecified atom stereocenters. The number of aliphatic hydroxyl groups is 1. The van der Waals surface area contributed by atoms with Crippen molar-refractivity contribution in [2.24, 2.45) is 0 Å². The van der Waals surface area contributed by atoms with Crippen LogP contribution in [-0.4, -0.2) is 73.3 Å². The number of aromatic nitrogens is 2. The summed E-state index contributed by atoms with van der Waals surface area (Å²) in [6.45, 7) is 7.57. The van der Waals surface area contributed by atoms with Crippen molar-refractivity contribution in [3.8, 4) is 16.8 Å². The van der Waals surface area contributed by atoms with Gasteiger partial charge in [-0.05, 0) is 78.8 Å². The molecule has 4 aromatic rings. The summed E-state index contributed by atoms with van der Waals surface area (Å²) < 4.78 is 1.65. The fourth-order valence-corrected chi connectivity index (χ4v) is 6.02. The van der Waals surface area contributed by atoms with Crippen LogP contribution in [0.3, 0.4) is 0 Å². The molecule has 2 N–H and O–H groups in total. The number of unbranched alkanes of at least 4 members (excludes halogenated alkanes) is 2. The highest BCUT2D eigenvalue weighted by Crippen LogP contribution is 2.30. The van der Waals surface area contributed by atoms with Gasteiger partial charge in [0, 0.05) is 25.3 Å². The quantitative estimate of drug-likeness (QED) is 0.196. The van der Waals surface area contributed by atoms with Crippen LogP contribution in [-0.2, 0) is 13.0 Å². The molecule has 240 valence electrons. The Bertz CT molecular complexity index is 1700. The minimum Gasteiger partial charge on any atom is -0.478 e. The molecule has 2 amide bonds. The Morgan fingerprint density at radius 2 is 1.54 bits per heavy atom. The van der Waals surface area contributed by atoms with Crippen LogP contribution in [0.15, 0.2) is 72.8 Å². The van der Waals surface area contributed by atoms with E-state index >= 15 is 0 Å². The average molecular weight is 623 g/mol. The molecule has 1 aliphatic rings. The molecule has 0 radical (unpaired) electrons. The molecule has 9 nitrogen and oxygen atoms in total. The summed E-state index contributed by atoms with van der Waals surface area (Å²) in [7, 11) is 0. The van der Waals surface area contributed by atoms with E-state index in [0.717, 1.165) is 47.9 Å². The van der Waals surface area contributed by atoms with Crippen LogP contribution < -0.4 is 0 Å². The van der Waals surface area contributed by atoms with Crippen molar-refractivity contribution in [1.82, 2.24) is 19.6 Å². The number of aryl methyl sites for hydroxylation is 1. The number of amides is 2. The summed E-state index contributed by atoms with van der Waals surface area (Å²) in [4.78, 5) is 43.2. The lowest BCUT2D eigenvalue weighted by Crippen LogP contribution is -2.46. The second-order valence-corrected chi connectivity index (χ2v) is 11.9. The van der Waals surface area contributed by atoms with Crippen molar-refractivity contribution >= 4 is 17.8 Å². The Balaban J connectivity index is 1.58. The van der Waals surface area contributed by atoms with Crippen LogP contribution in [0.2, 0.25) is 0 Å². The van der Waals surface area contributed by atoms with Gasteiger partial charge in [0.15, 0.2) is 5.69 Å². The molecule has 46 heavy (non-hydrogen) atoms. The van der Waals surface area contributed by atoms with Gasteiger partial charge in [0.25, 0.3) is 11.8 Å². The van der Waals surface area contributed by atoms with Crippen LogP contribution in [0.25, 0.3) is 16.8 Å². The van der Waals surface area contributed by atoms with Gasteiger partial charge < -0.3 is 20.0 Å². The molecule has 0 spiro atoms. The largest absolute Gasteiger partial charge is 0.478 e. The number of rotatable bonds is 12. The molecular weight excluding hydrogens is 580 g/mol. The van der Waals surface area contributed by atoms with E-state index in [0.29, 0.717) is 48.7 Å². The highest BCUT2D eigenvalue weighted by molar-refractivity contribution is 6.00. The van der Waals surface area contributed by atoms with Crippen molar-refractivity contribution < 1.29 is 24.6 Å². The van der Waals surface area contributed by atoms with Gasteiger partial charge in [-0.1, -0.05) is 69.2 Å². The number of aromatic carboxylic acids is 1. The lowest BCUT2D eigenvalue weighted by atomic mass is 9.93. The molecule has 1 aliphatic heterocycles. The second-order valence-electron chi connectivity index (χ2n) is 11.9. The third-order valence-electron chi connectivity index (χ3n) is 8.70. The van der Waals surface area contributed by atoms with E-state index in [-0.39, 0.29) is 24.0 Å². The first-order valence-corrected chi connectivity index (χ1v) is 16.1. The van der Waals surface area contributed by atoms with E-state index in [9.17, 15) is 24.6 Å². The zero-order chi connectivity index (χ0) is 32.8. The van der Waals surface area contributed by atoms with E-state index in [1.807, 2.05) is 48.2 Å². The number of aliphatic hydroxyl groups excluding tert-OH is 1. The summed E-state index contributed by atoms with van der Waals surface area (Å²) in [5.41, 5.74) is 5.74. The molecule has 3 aromatic carbocycles. The second kappa shape index (κ2) is 14.6. The van der Waals surface area contributed by atoms with Gasteiger partial charge in [-0.3, -0.25) is 9.59 Å². The number of carbonyl (C=O) groups is 3. The van der Waals surface area contributed by atoms with Gasteiger partial charge >= 0.3 is 5.97 Å². The van der Waals surface area contributed by atoms with Gasteiger partial charge in [0.2, 0.25) is 0 Å². The van der Waals surface area contributed by atoms with E-state index < -0.39 is 12.0 Å². The SMILES string of the molecule is CCCCN(CCCC)C(=O)c1cc(C)n(-c2ccc(-c3ccc(C(=O)O)cc3)cc2C(=O)N2Cc3ccccc3C[C@H]2CO)n1. The highest BCUT2D eigenvalue weighted by Gasteiger charge is 2.32. The smallest absolute Gasteiger partial charge is 0.335 e. The summed E-state index contributed by atoms with van der Waals surface area (Å²) in [5, 5.41) is 24.5. The minimum absolute atomic E-state index is 0.125. The molecule has 2 heterocycles. The number of carboxylic acids is 1. The third-order valence-corrected chi connectivity index (χ3v) is 8.70. The molecule has 0 saturated heterocycles. The number of nitrogens with zero attached hydrogens (tertiary/aromatic N) is 4. The molecule has 9 heteroatoms. The predicted octanol–water partition coefficient (Wildman–Crippen LogP) is 6.15. The van der Waals surface area contributed by atoms with E-state index in [1.54, 1.807) is 33.8 Å². The number of carboxylic acid groups (broad SMARTS) is 1. The number of hydrogen-bond donors (Lipinski definition) is 2. The molecule has 1 aromatic heterocycles. The Hall–Kier alpha value is -4.76. The van der Waals surface area contributed by atoms with Crippen LogP contribution in [0, 0.1) is 6.92 Å². The zero-order valence-corrected chi connectivity index (χ0v) is 26.8. The Kier molecular flexibility index (Phi) is 10.3. The molecule has 0 aliphatic carbocycles. The summed E-state index contributed by atoms with van der Waals surface area (Å²) in [6.07, 6.45) is 4.32. The van der Waals surface area contributed by atoms with Gasteiger partial charge in [-0.2, -0.15) is 5.10 Å². The number of benzene rings is 3. The van der Waals surface area contributed by atoms with E-state index in [1.165, 1.54) is 12.1 Å². The fraction of sp³-hybridized carbons (Fsp3) is 0.351. The Morgan fingerprint density at radius 3 is 2.17 bits per heavy atom. The monoisotopic (exact) mass is 622 g/mol. The number of fused-ring (bicyclic) bond motifs is 1. The zero-order valence-electron chi connectivity index (χ0n) is 26.8. The van der Waals surface area contributed by atoms with Crippen LogP contribution in [0.1, 0.15) is 87.6 Å². The maximum atomic E-state index is 14.5. The van der Waals surface area contributed by atoms with Crippen LogP contribution >= 0.6 is 0 Å². The van der Waals surface area contributed by atoms with Crippen LogP contribution in [0.4, 0.5) is 0 Å². The van der Waals surface area contributed by atoms with Crippen LogP contribution in [0.5, 0.6) is 0 Å². The van der Waals surface area contributed by atoms with Gasteiger partial charge in [0.05, 0.1) is 29.5 Å². The maximum Gasteiger partial charge on any atom is 0.335 e. The first-order chi connectivity index (χ1) is 22.2. The number of hydrogen-bond acceptors (Lipinski definition) is 5. The standard InChI is InChI=1S/C37H42N4O5/c1-4-6-18-39(19-7-5-2)36(44)33-20-25(3)41(38-33)34-17-16-29(26-12-14-27(15-13-26)37(45)46)22-32(34)35(43)40-23-30-11-9-8-10-28(30)21-31(40)24-42/h8-17,20,22,31,42H,4-7,18-19,21,23-24H2,1-3H3,(H,45,46)/t31-/m0/s1. The summed E-state index contributed by atoms with van der Waals surface area (Å²) >= 11 is 0. The minimum atomic E-state index is -1.01. The Morgan fingerprint density at radius 1 is 0.891 bits per heavy atom. The molecule has 0 fully saturated rings. The summed E-state index contributed by atoms with van der Waals surface area (Å²) in [6, 6.07) is 21.3. The molecular formula is C37H42N4O5. The third kappa shape index (κ3) is 6.89. The Labute approximate surface area is 270 Å². The summed E-state index contributed by atoms with van der Waals surface area (Å²) in [5.74, 6) is -1.40. The van der Waals surface area contributed by atoms with Gasteiger partial charge in [-0.25, -0.2) is 9.48 Å². The molecule has 0 bridgehead atoms. The van der Waals surface area contributed by atoms with Gasteiger partial charge in [0.1, 0.15) is 0 Å². The van der Waals surface area contributed by atoms with Gasteiger partial charge in [-0.15, -0.1) is 0 Å². The lowest BCUT2D eigenvalue weighted by molar-refractivity contribution is 0.0543. The van der Waals surface area contributed by atoms with Crippen molar-refractivity contribution in [3.05, 3.63) is 106 Å². The van der Waals surface area contributed by atoms with Crippen molar-refractivity contribution in [1.29, 1.82) is 0 Å². The first-order valence-electron chi connectivity index (χ1n) is 16.1. The lowest BCUT2D eigenvalue weighted by Gasteiger charge is -2.36. The number of carbonyl (C=O) groups excluding carboxylic acids is 2. The fourth-order valence-electron chi connectivity index (χ4n) is 6.02. The molecule has 5 rings (SSSR count). The first kappa shape index (κ1) is 32.6. The van der Waals surface area contributed by atoms with Crippen molar-refractivity contribution in [2.45, 2.75) is 65.5 Å². The van der Waals surface area contributed by atoms with Crippen molar-refractivity contribution in [3.63, 3.8) is 0 Å². The highest BCUT2D eigenvalue weighted by atomic mass is 16.4. The van der Waals surface area contributed by atoms with E-state index in [4.69, 9.17) is 5.10 Å². The predicted molar refractivity (Wildman–Crippen MR) is 177 cm³/mol. The van der Waals surface area contributed by atoms with Crippen molar-refractivity contribution in [2.75, 3.05) is 19.7 Å². The topological polar surface area (TPSA) is 116 Å².